The van der Waals surface area contributed by atoms with Gasteiger partial charge in [0.15, 0.2) is 0 Å². The summed E-state index contributed by atoms with van der Waals surface area (Å²) in [5.74, 6) is 0. The molecule has 0 aliphatic heterocycles. The second-order valence-electron chi connectivity index (χ2n) is 1.38. The Morgan fingerprint density at radius 3 is 3.00 bits per heavy atom. The summed E-state index contributed by atoms with van der Waals surface area (Å²) in [5, 5.41) is 1.43. The molecule has 0 aromatic rings. The van der Waals surface area contributed by atoms with E-state index >= 15 is 0 Å². The van der Waals surface area contributed by atoms with Gasteiger partial charge in [0, 0.05) is 5.41 Å². The van der Waals surface area contributed by atoms with Gasteiger partial charge in [-0.1, -0.05) is 6.58 Å². The molecule has 2 N–H and O–H groups in total. The van der Waals surface area contributed by atoms with E-state index in [1.54, 1.807) is 6.92 Å². The largest absolute Gasteiger partial charge is 0.328 e. The van der Waals surface area contributed by atoms with Gasteiger partial charge in [0.2, 0.25) is 0 Å². The molecular formula is C5H10NO2PS. The van der Waals surface area contributed by atoms with Crippen molar-refractivity contribution in [2.24, 2.45) is 5.50 Å². The highest BCUT2D eigenvalue weighted by molar-refractivity contribution is 8.57. The van der Waals surface area contributed by atoms with Gasteiger partial charge in [-0.2, -0.15) is 0 Å². The fourth-order valence-corrected chi connectivity index (χ4v) is 2.13. The molecule has 1 atom stereocenters. The molecule has 0 amide bonds. The highest BCUT2D eigenvalue weighted by atomic mass is 32.7. The zero-order chi connectivity index (χ0) is 8.04. The van der Waals surface area contributed by atoms with Gasteiger partial charge in [0.05, 0.1) is 6.61 Å². The van der Waals surface area contributed by atoms with E-state index in [4.69, 9.17) is 10.0 Å². The van der Waals surface area contributed by atoms with E-state index in [-0.39, 0.29) is 0 Å². The van der Waals surface area contributed by atoms with Gasteiger partial charge in [-0.25, -0.2) is 0 Å². The minimum Gasteiger partial charge on any atom is -0.310 e. The maximum absolute atomic E-state index is 11.0. The molecule has 0 saturated carbocycles. The summed E-state index contributed by atoms with van der Waals surface area (Å²) in [7, 11) is 0. The van der Waals surface area contributed by atoms with Crippen LogP contribution in [0.5, 0.6) is 0 Å². The Bertz CT molecular complexity index is 188. The number of hydrogen-bond acceptors (Lipinski definition) is 3. The predicted octanol–water partition coefficient (Wildman–Crippen LogP) is 2.12. The van der Waals surface area contributed by atoms with Crippen molar-refractivity contribution in [2.75, 3.05) is 6.61 Å². The Balaban J connectivity index is 3.86. The summed E-state index contributed by atoms with van der Waals surface area (Å²) in [6, 6.07) is 0. The first-order valence-electron chi connectivity index (χ1n) is 2.68. The highest BCUT2D eigenvalue weighted by Crippen LogP contribution is 2.52. The maximum atomic E-state index is 11.0. The lowest BCUT2D eigenvalue weighted by atomic mass is 10.9. The van der Waals surface area contributed by atoms with Crippen molar-refractivity contribution in [3.8, 4) is 0 Å². The van der Waals surface area contributed by atoms with Crippen LogP contribution >= 0.6 is 18.1 Å². The molecular weight excluding hydrogens is 169 g/mol. The lowest BCUT2D eigenvalue weighted by Gasteiger charge is -2.06. The smallest absolute Gasteiger partial charge is 0.310 e. The quantitative estimate of drug-likeness (QED) is 0.530. The molecule has 10 heavy (non-hydrogen) atoms. The van der Waals surface area contributed by atoms with Gasteiger partial charge in [-0.15, -0.1) is 5.73 Å². The van der Waals surface area contributed by atoms with Crippen molar-refractivity contribution in [1.82, 2.24) is 0 Å². The molecule has 0 saturated heterocycles. The highest BCUT2D eigenvalue weighted by Gasteiger charge is 2.13. The normalized spacial score (nSPS) is 15.4. The van der Waals surface area contributed by atoms with Crippen molar-refractivity contribution in [1.29, 1.82) is 0 Å². The lowest BCUT2D eigenvalue weighted by Crippen LogP contribution is -1.93. The van der Waals surface area contributed by atoms with Crippen molar-refractivity contribution >= 4 is 18.1 Å². The Hall–Kier alpha value is 0.0200. The van der Waals surface area contributed by atoms with Crippen LogP contribution in [0.3, 0.4) is 0 Å². The standard InChI is InChI=1S/C5H10NO2PS/c1-3-5-10-9(6,7)8-4-2/h5H,1,4H2,2H3,(H2,6,7). The fraction of sp³-hybridized carbons (Fsp3) is 0.400. The zero-order valence-electron chi connectivity index (χ0n) is 5.74. The van der Waals surface area contributed by atoms with Gasteiger partial charge in [-0.3, -0.25) is 10.1 Å². The molecule has 0 aromatic heterocycles. The Morgan fingerprint density at radius 2 is 2.60 bits per heavy atom. The van der Waals surface area contributed by atoms with Gasteiger partial charge >= 0.3 is 6.72 Å². The third-order valence-electron chi connectivity index (χ3n) is 0.592. The molecule has 0 rings (SSSR count). The van der Waals surface area contributed by atoms with Gasteiger partial charge < -0.3 is 4.52 Å². The molecule has 5 heteroatoms. The summed E-state index contributed by atoms with van der Waals surface area (Å²) >= 11 is 0.916. The van der Waals surface area contributed by atoms with Crippen molar-refractivity contribution in [3.63, 3.8) is 0 Å². The Kier molecular flexibility index (Phi) is 4.79. The van der Waals surface area contributed by atoms with Crippen LogP contribution < -0.4 is 5.50 Å². The van der Waals surface area contributed by atoms with Gasteiger partial charge in [0.25, 0.3) is 0 Å². The lowest BCUT2D eigenvalue weighted by molar-refractivity contribution is 0.346. The topological polar surface area (TPSA) is 52.3 Å². The molecule has 0 heterocycles. The predicted molar refractivity (Wildman–Crippen MR) is 44.7 cm³/mol. The molecule has 0 aliphatic rings. The first-order valence-corrected chi connectivity index (χ1v) is 5.86. The molecule has 0 spiro atoms. The number of rotatable bonds is 4. The minimum atomic E-state index is -2.95. The number of nitrogens with two attached hydrogens (primary N) is 1. The molecule has 0 radical (unpaired) electrons. The Morgan fingerprint density at radius 1 is 2.00 bits per heavy atom. The van der Waals surface area contributed by atoms with Crippen LogP contribution in [0.1, 0.15) is 6.92 Å². The van der Waals surface area contributed by atoms with E-state index in [0.29, 0.717) is 6.61 Å². The average molecular weight is 179 g/mol. The first-order chi connectivity index (χ1) is 4.62. The minimum absolute atomic E-state index is 0.353. The second-order valence-corrected chi connectivity index (χ2v) is 5.33. The third-order valence-corrected chi connectivity index (χ3v) is 3.29. The second kappa shape index (κ2) is 4.78. The van der Waals surface area contributed by atoms with Gasteiger partial charge in [-0.05, 0) is 18.3 Å². The van der Waals surface area contributed by atoms with Crippen LogP contribution in [0, 0.1) is 0 Å². The van der Waals surface area contributed by atoms with Crippen molar-refractivity contribution < 1.29 is 9.09 Å². The fourth-order valence-electron chi connectivity index (χ4n) is 0.321. The average Bonchev–Trinajstić information content (AvgIpc) is 1.84. The summed E-state index contributed by atoms with van der Waals surface area (Å²) in [5.41, 5.74) is 7.65. The number of hydrogen-bond donors (Lipinski definition) is 1. The van der Waals surface area contributed by atoms with E-state index in [2.05, 4.69) is 12.3 Å². The van der Waals surface area contributed by atoms with E-state index in [9.17, 15) is 4.57 Å². The molecule has 0 fully saturated rings. The molecule has 58 valence electrons. The van der Waals surface area contributed by atoms with Crippen molar-refractivity contribution in [2.45, 2.75) is 6.92 Å². The van der Waals surface area contributed by atoms with E-state index in [0.717, 1.165) is 11.4 Å². The van der Waals surface area contributed by atoms with Gasteiger partial charge in [0.1, 0.15) is 0 Å². The molecule has 0 bridgehead atoms. The molecule has 1 unspecified atom stereocenters. The van der Waals surface area contributed by atoms with Crippen LogP contribution in [0.15, 0.2) is 17.7 Å². The van der Waals surface area contributed by atoms with E-state index in [1.165, 1.54) is 5.41 Å². The third kappa shape index (κ3) is 4.86. The van der Waals surface area contributed by atoms with Crippen LogP contribution in [-0.4, -0.2) is 6.61 Å². The first kappa shape index (κ1) is 10.0. The summed E-state index contributed by atoms with van der Waals surface area (Å²) in [4.78, 5) is 0. The maximum Gasteiger partial charge on any atom is 0.328 e. The molecule has 3 nitrogen and oxygen atoms in total. The summed E-state index contributed by atoms with van der Waals surface area (Å²) < 4.78 is 15.7. The Labute approximate surface area is 64.6 Å². The van der Waals surface area contributed by atoms with Crippen LogP contribution in [0.25, 0.3) is 0 Å². The SMILES string of the molecule is C=C=CSP(N)(=O)OCC. The summed E-state index contributed by atoms with van der Waals surface area (Å²) in [6.45, 7) is 2.43. The van der Waals surface area contributed by atoms with Crippen LogP contribution in [-0.2, 0) is 9.09 Å². The summed E-state index contributed by atoms with van der Waals surface area (Å²) in [6.07, 6.45) is 0. The zero-order valence-corrected chi connectivity index (χ0v) is 7.45. The molecule has 0 aromatic carbocycles. The van der Waals surface area contributed by atoms with E-state index < -0.39 is 6.72 Å². The van der Waals surface area contributed by atoms with Crippen LogP contribution in [0.4, 0.5) is 0 Å². The van der Waals surface area contributed by atoms with Crippen LogP contribution in [0.2, 0.25) is 0 Å². The van der Waals surface area contributed by atoms with E-state index in [1.807, 2.05) is 0 Å². The monoisotopic (exact) mass is 179 g/mol. The molecule has 0 aliphatic carbocycles. The van der Waals surface area contributed by atoms with Crippen molar-refractivity contribution in [3.05, 3.63) is 17.7 Å².